The molecule has 0 unspecified atom stereocenters. The standard InChI is InChI=1S/C25H32ClN5O/c1-17(2)16-31-18(3)12-20(19(31)4)13-21(15-27)25(32)28-23-14-22(26)6-7-24(23)30-10-8-29(5)9-11-30/h6-7,12-14,17H,8-11,16H2,1-5H3,(H,28,32)/b21-13+. The number of hydrogen-bond acceptors (Lipinski definition) is 4. The Morgan fingerprint density at radius 3 is 2.53 bits per heavy atom. The van der Waals surface area contributed by atoms with Gasteiger partial charge in [0.25, 0.3) is 5.91 Å². The van der Waals surface area contributed by atoms with Crippen LogP contribution in [0.3, 0.4) is 0 Å². The van der Waals surface area contributed by atoms with Gasteiger partial charge in [0.2, 0.25) is 0 Å². The highest BCUT2D eigenvalue weighted by molar-refractivity contribution is 6.31. The molecule has 1 aromatic carbocycles. The van der Waals surface area contributed by atoms with Gasteiger partial charge >= 0.3 is 0 Å². The zero-order chi connectivity index (χ0) is 23.4. The molecule has 170 valence electrons. The number of aromatic nitrogens is 1. The minimum absolute atomic E-state index is 0.0686. The number of nitrogens with one attached hydrogen (secondary N) is 1. The van der Waals surface area contributed by atoms with Crippen LogP contribution in [0.4, 0.5) is 11.4 Å². The van der Waals surface area contributed by atoms with E-state index in [1.54, 1.807) is 12.1 Å². The molecule has 0 bridgehead atoms. The minimum atomic E-state index is -0.432. The number of rotatable bonds is 6. The van der Waals surface area contributed by atoms with E-state index in [9.17, 15) is 10.1 Å². The number of halogens is 1. The third-order valence-electron chi connectivity index (χ3n) is 5.88. The quantitative estimate of drug-likeness (QED) is 0.508. The average molecular weight is 454 g/mol. The molecule has 7 heteroatoms. The Morgan fingerprint density at radius 2 is 1.91 bits per heavy atom. The van der Waals surface area contributed by atoms with Gasteiger partial charge < -0.3 is 19.7 Å². The van der Waals surface area contributed by atoms with E-state index in [-0.39, 0.29) is 5.57 Å². The second-order valence-corrected chi connectivity index (χ2v) is 9.34. The summed E-state index contributed by atoms with van der Waals surface area (Å²) in [6.45, 7) is 12.9. The average Bonchev–Trinajstić information content (AvgIpc) is 3.00. The predicted octanol–water partition coefficient (Wildman–Crippen LogP) is 4.71. The number of benzene rings is 1. The molecule has 1 aromatic heterocycles. The molecule has 0 saturated carbocycles. The van der Waals surface area contributed by atoms with E-state index in [1.807, 2.05) is 32.0 Å². The van der Waals surface area contributed by atoms with E-state index in [4.69, 9.17) is 11.6 Å². The zero-order valence-corrected chi connectivity index (χ0v) is 20.3. The molecule has 2 aromatic rings. The zero-order valence-electron chi connectivity index (χ0n) is 19.6. The Kier molecular flexibility index (Phi) is 7.65. The molecule has 6 nitrogen and oxygen atoms in total. The Labute approximate surface area is 196 Å². The largest absolute Gasteiger partial charge is 0.367 e. The fraction of sp³-hybridized carbons (Fsp3) is 0.440. The number of likely N-dealkylation sites (N-methyl/N-ethyl adjacent to an activating group) is 1. The van der Waals surface area contributed by atoms with Crippen LogP contribution in [0.1, 0.15) is 30.8 Å². The van der Waals surface area contributed by atoms with Gasteiger partial charge in [0.15, 0.2) is 0 Å². The van der Waals surface area contributed by atoms with Gasteiger partial charge in [-0.2, -0.15) is 5.26 Å². The summed E-state index contributed by atoms with van der Waals surface area (Å²) in [6.07, 6.45) is 1.68. The molecule has 1 fully saturated rings. The van der Waals surface area contributed by atoms with Crippen molar-refractivity contribution in [2.45, 2.75) is 34.2 Å². The molecule has 1 aliphatic rings. The topological polar surface area (TPSA) is 64.3 Å². The summed E-state index contributed by atoms with van der Waals surface area (Å²) >= 11 is 6.23. The van der Waals surface area contributed by atoms with Crippen LogP contribution < -0.4 is 10.2 Å². The number of nitriles is 1. The van der Waals surface area contributed by atoms with Crippen molar-refractivity contribution in [2.75, 3.05) is 43.4 Å². The van der Waals surface area contributed by atoms with E-state index in [0.29, 0.717) is 16.6 Å². The first-order valence-electron chi connectivity index (χ1n) is 11.0. The van der Waals surface area contributed by atoms with E-state index in [2.05, 4.69) is 46.6 Å². The van der Waals surface area contributed by atoms with Crippen molar-refractivity contribution >= 4 is 35.0 Å². The lowest BCUT2D eigenvalue weighted by atomic mass is 10.1. The Hall–Kier alpha value is -2.75. The monoisotopic (exact) mass is 453 g/mol. The first kappa shape index (κ1) is 23.9. The summed E-state index contributed by atoms with van der Waals surface area (Å²) in [4.78, 5) is 17.6. The van der Waals surface area contributed by atoms with Gasteiger partial charge in [-0.15, -0.1) is 0 Å². The molecule has 0 spiro atoms. The third kappa shape index (κ3) is 5.53. The van der Waals surface area contributed by atoms with Crippen molar-refractivity contribution < 1.29 is 4.79 Å². The summed E-state index contributed by atoms with van der Waals surface area (Å²) in [6, 6.07) is 9.60. The molecule has 32 heavy (non-hydrogen) atoms. The van der Waals surface area contributed by atoms with Gasteiger partial charge in [-0.25, -0.2) is 0 Å². The van der Waals surface area contributed by atoms with Gasteiger partial charge in [0, 0.05) is 49.1 Å². The maximum Gasteiger partial charge on any atom is 0.266 e. The van der Waals surface area contributed by atoms with Gasteiger partial charge in [0.1, 0.15) is 11.6 Å². The lowest BCUT2D eigenvalue weighted by Gasteiger charge is -2.35. The maximum absolute atomic E-state index is 13.0. The molecule has 1 aliphatic heterocycles. The summed E-state index contributed by atoms with van der Waals surface area (Å²) in [5.74, 6) is 0.0741. The molecule has 0 aliphatic carbocycles. The molecular weight excluding hydrogens is 422 g/mol. The Morgan fingerprint density at radius 1 is 1.22 bits per heavy atom. The number of carbonyl (C=O) groups is 1. The number of amides is 1. The van der Waals surface area contributed by atoms with Crippen molar-refractivity contribution in [3.8, 4) is 6.07 Å². The smallest absolute Gasteiger partial charge is 0.266 e. The molecule has 2 heterocycles. The first-order chi connectivity index (χ1) is 15.2. The van der Waals surface area contributed by atoms with Crippen LogP contribution in [-0.4, -0.2) is 48.6 Å². The summed E-state index contributed by atoms with van der Waals surface area (Å²) in [5.41, 5.74) is 4.67. The number of anilines is 2. The molecule has 1 saturated heterocycles. The number of carbonyl (C=O) groups excluding carboxylic acids is 1. The van der Waals surface area contributed by atoms with E-state index >= 15 is 0 Å². The third-order valence-corrected chi connectivity index (χ3v) is 6.11. The lowest BCUT2D eigenvalue weighted by molar-refractivity contribution is -0.112. The number of piperazine rings is 1. The van der Waals surface area contributed by atoms with E-state index in [0.717, 1.165) is 55.4 Å². The molecule has 3 rings (SSSR count). The second kappa shape index (κ2) is 10.2. The maximum atomic E-state index is 13.0. The van der Waals surface area contributed by atoms with Gasteiger partial charge in [-0.3, -0.25) is 4.79 Å². The van der Waals surface area contributed by atoms with Crippen LogP contribution in [0.5, 0.6) is 0 Å². The second-order valence-electron chi connectivity index (χ2n) is 8.91. The van der Waals surface area contributed by atoms with Crippen LogP contribution in [0.15, 0.2) is 29.8 Å². The van der Waals surface area contributed by atoms with Crippen molar-refractivity contribution in [3.63, 3.8) is 0 Å². The van der Waals surface area contributed by atoms with Gasteiger partial charge in [-0.05, 0) is 62.7 Å². The molecule has 1 amide bonds. The van der Waals surface area contributed by atoms with Crippen LogP contribution in [0.2, 0.25) is 5.02 Å². The fourth-order valence-corrected chi connectivity index (χ4v) is 4.22. The van der Waals surface area contributed by atoms with Crippen LogP contribution in [0.25, 0.3) is 6.08 Å². The highest BCUT2D eigenvalue weighted by Gasteiger charge is 2.20. The highest BCUT2D eigenvalue weighted by atomic mass is 35.5. The number of nitrogens with zero attached hydrogens (tertiary/aromatic N) is 4. The van der Waals surface area contributed by atoms with Gasteiger partial charge in [0.05, 0.1) is 11.4 Å². The molecule has 1 N–H and O–H groups in total. The van der Waals surface area contributed by atoms with Crippen molar-refractivity contribution in [3.05, 3.63) is 51.8 Å². The fourth-order valence-electron chi connectivity index (χ4n) is 4.05. The summed E-state index contributed by atoms with van der Waals surface area (Å²) in [5, 5.41) is 13.2. The lowest BCUT2D eigenvalue weighted by Crippen LogP contribution is -2.44. The first-order valence-corrected chi connectivity index (χ1v) is 11.4. The van der Waals surface area contributed by atoms with Crippen molar-refractivity contribution in [2.24, 2.45) is 5.92 Å². The minimum Gasteiger partial charge on any atom is -0.367 e. The highest BCUT2D eigenvalue weighted by Crippen LogP contribution is 2.30. The molecule has 0 radical (unpaired) electrons. The van der Waals surface area contributed by atoms with Crippen LogP contribution in [-0.2, 0) is 11.3 Å². The van der Waals surface area contributed by atoms with E-state index in [1.165, 1.54) is 0 Å². The summed E-state index contributed by atoms with van der Waals surface area (Å²) < 4.78 is 2.23. The molecule has 0 atom stereocenters. The van der Waals surface area contributed by atoms with Crippen molar-refractivity contribution in [1.82, 2.24) is 9.47 Å². The predicted molar refractivity (Wildman–Crippen MR) is 132 cm³/mol. The number of hydrogen-bond donors (Lipinski definition) is 1. The Balaban J connectivity index is 1.86. The van der Waals surface area contributed by atoms with Crippen LogP contribution >= 0.6 is 11.6 Å². The SMILES string of the molecule is Cc1cc(/C=C(\C#N)C(=O)Nc2cc(Cl)ccc2N2CCN(C)CC2)c(C)n1CC(C)C. The van der Waals surface area contributed by atoms with Crippen LogP contribution in [0, 0.1) is 31.1 Å². The number of aryl methyl sites for hydroxylation is 1. The van der Waals surface area contributed by atoms with Gasteiger partial charge in [-0.1, -0.05) is 25.4 Å². The Bertz CT molecular complexity index is 1060. The van der Waals surface area contributed by atoms with Crippen molar-refractivity contribution in [1.29, 1.82) is 5.26 Å². The summed E-state index contributed by atoms with van der Waals surface area (Å²) in [7, 11) is 2.10. The molecular formula is C25H32ClN5O. The van der Waals surface area contributed by atoms with E-state index < -0.39 is 5.91 Å². The normalized spacial score (nSPS) is 15.2.